The Labute approximate surface area is 113 Å². The maximum Gasteiger partial charge on any atom is 0.573 e. The molecule has 0 bridgehead atoms. The maximum absolute atomic E-state index is 12.0. The van der Waals surface area contributed by atoms with Gasteiger partial charge in [0, 0.05) is 25.1 Å². The van der Waals surface area contributed by atoms with Gasteiger partial charge < -0.3 is 15.2 Å². The van der Waals surface area contributed by atoms with Crippen LogP contribution in [0.25, 0.3) is 6.08 Å². The molecule has 4 nitrogen and oxygen atoms in total. The quantitative estimate of drug-likeness (QED) is 0.819. The van der Waals surface area contributed by atoms with Gasteiger partial charge in [0.1, 0.15) is 11.5 Å². The second-order valence-corrected chi connectivity index (χ2v) is 3.94. The molecule has 20 heavy (non-hydrogen) atoms. The normalized spacial score (nSPS) is 11.6. The summed E-state index contributed by atoms with van der Waals surface area (Å²) in [6, 6.07) is 3.31. The first-order chi connectivity index (χ1) is 9.28. The van der Waals surface area contributed by atoms with Crippen molar-refractivity contribution in [2.75, 3.05) is 6.54 Å². The van der Waals surface area contributed by atoms with E-state index in [9.17, 15) is 23.1 Å². The molecule has 0 heterocycles. The van der Waals surface area contributed by atoms with Crippen LogP contribution in [0.3, 0.4) is 0 Å². The number of phenolic OH excluding ortho intramolecular Hbond substituents is 1. The highest BCUT2D eigenvalue weighted by molar-refractivity contribution is 5.72. The Morgan fingerprint density at radius 3 is 2.70 bits per heavy atom. The molecule has 0 aliphatic heterocycles. The van der Waals surface area contributed by atoms with Crippen LogP contribution >= 0.6 is 0 Å². The maximum atomic E-state index is 12.0. The molecule has 0 aliphatic rings. The van der Waals surface area contributed by atoms with Crippen molar-refractivity contribution < 1.29 is 27.8 Å². The zero-order chi connectivity index (χ0) is 15.2. The molecule has 2 N–H and O–H groups in total. The average molecular weight is 289 g/mol. The van der Waals surface area contributed by atoms with E-state index in [0.717, 1.165) is 12.1 Å². The third kappa shape index (κ3) is 6.12. The minimum atomic E-state index is -4.79. The molecule has 0 spiro atoms. The van der Waals surface area contributed by atoms with Crippen molar-refractivity contribution in [2.24, 2.45) is 0 Å². The summed E-state index contributed by atoms with van der Waals surface area (Å²) >= 11 is 0. The number of halogens is 3. The Morgan fingerprint density at radius 2 is 2.15 bits per heavy atom. The molecule has 0 saturated heterocycles. The highest BCUT2D eigenvalue weighted by Gasteiger charge is 2.31. The lowest BCUT2D eigenvalue weighted by molar-refractivity contribution is -0.274. The van der Waals surface area contributed by atoms with Crippen LogP contribution in [0, 0.1) is 0 Å². The second kappa shape index (κ2) is 6.83. The molecule has 1 amide bonds. The Morgan fingerprint density at radius 1 is 1.45 bits per heavy atom. The largest absolute Gasteiger partial charge is 0.573 e. The second-order valence-electron chi connectivity index (χ2n) is 3.94. The smallest absolute Gasteiger partial charge is 0.507 e. The molecule has 0 atom stereocenters. The van der Waals surface area contributed by atoms with Gasteiger partial charge in [0.15, 0.2) is 0 Å². The van der Waals surface area contributed by atoms with Gasteiger partial charge in [-0.1, -0.05) is 12.2 Å². The van der Waals surface area contributed by atoms with Crippen molar-refractivity contribution in [1.29, 1.82) is 0 Å². The number of hydrogen-bond acceptors (Lipinski definition) is 3. The summed E-state index contributed by atoms with van der Waals surface area (Å²) in [5.74, 6) is -0.942. The van der Waals surface area contributed by atoms with E-state index in [1.165, 1.54) is 13.0 Å². The summed E-state index contributed by atoms with van der Waals surface area (Å²) in [4.78, 5) is 10.6. The molecule has 1 aromatic carbocycles. The summed E-state index contributed by atoms with van der Waals surface area (Å²) in [7, 11) is 0. The lowest BCUT2D eigenvalue weighted by Crippen LogP contribution is -2.20. The number of rotatable bonds is 5. The van der Waals surface area contributed by atoms with E-state index >= 15 is 0 Å². The molecule has 1 rings (SSSR count). The van der Waals surface area contributed by atoms with Crippen LogP contribution in [0.15, 0.2) is 24.3 Å². The van der Waals surface area contributed by atoms with Gasteiger partial charge in [-0.3, -0.25) is 4.79 Å². The van der Waals surface area contributed by atoms with E-state index in [1.54, 1.807) is 12.2 Å². The SMILES string of the molecule is CC(=O)NCCC=Cc1ccc(OC(F)(F)F)cc1O. The van der Waals surface area contributed by atoms with E-state index in [2.05, 4.69) is 10.1 Å². The fourth-order valence-electron chi connectivity index (χ4n) is 1.40. The number of carbonyl (C=O) groups excluding carboxylic acids is 1. The van der Waals surface area contributed by atoms with Gasteiger partial charge in [0.05, 0.1) is 0 Å². The number of ether oxygens (including phenoxy) is 1. The van der Waals surface area contributed by atoms with Crippen molar-refractivity contribution in [2.45, 2.75) is 19.7 Å². The third-order valence-corrected chi connectivity index (χ3v) is 2.22. The lowest BCUT2D eigenvalue weighted by Gasteiger charge is -2.09. The Bertz CT molecular complexity index is 498. The van der Waals surface area contributed by atoms with E-state index in [0.29, 0.717) is 18.5 Å². The van der Waals surface area contributed by atoms with Gasteiger partial charge in [-0.05, 0) is 18.6 Å². The fraction of sp³-hybridized carbons (Fsp3) is 0.308. The molecule has 0 aliphatic carbocycles. The Kier molecular flexibility index (Phi) is 5.42. The summed E-state index contributed by atoms with van der Waals surface area (Å²) in [6.07, 6.45) is -1.01. The number of phenols is 1. The Balaban J connectivity index is 2.59. The van der Waals surface area contributed by atoms with Gasteiger partial charge in [0.2, 0.25) is 5.91 Å². The fourth-order valence-corrected chi connectivity index (χ4v) is 1.40. The molecule has 0 saturated carbocycles. The number of aromatic hydroxyl groups is 1. The third-order valence-electron chi connectivity index (χ3n) is 2.22. The molecule has 7 heteroatoms. The zero-order valence-electron chi connectivity index (χ0n) is 10.7. The van der Waals surface area contributed by atoms with Crippen molar-refractivity contribution in [1.82, 2.24) is 5.32 Å². The molecule has 0 unspecified atom stereocenters. The van der Waals surface area contributed by atoms with Crippen molar-refractivity contribution >= 4 is 12.0 Å². The topological polar surface area (TPSA) is 58.6 Å². The van der Waals surface area contributed by atoms with Gasteiger partial charge in [-0.15, -0.1) is 13.2 Å². The molecular weight excluding hydrogens is 275 g/mol. The minimum Gasteiger partial charge on any atom is -0.507 e. The van der Waals surface area contributed by atoms with Crippen LogP contribution in [0.1, 0.15) is 18.9 Å². The molecule has 0 fully saturated rings. The highest BCUT2D eigenvalue weighted by atomic mass is 19.4. The number of hydrogen-bond donors (Lipinski definition) is 2. The van der Waals surface area contributed by atoms with E-state index < -0.39 is 12.1 Å². The van der Waals surface area contributed by atoms with Crippen molar-refractivity contribution in [3.63, 3.8) is 0 Å². The monoisotopic (exact) mass is 289 g/mol. The lowest BCUT2D eigenvalue weighted by atomic mass is 10.1. The minimum absolute atomic E-state index is 0.144. The molecule has 0 radical (unpaired) electrons. The van der Waals surface area contributed by atoms with Crippen LogP contribution < -0.4 is 10.1 Å². The first kappa shape index (κ1) is 15.9. The van der Waals surface area contributed by atoms with Gasteiger partial charge >= 0.3 is 6.36 Å². The van der Waals surface area contributed by atoms with E-state index in [1.807, 2.05) is 0 Å². The first-order valence-corrected chi connectivity index (χ1v) is 5.77. The van der Waals surface area contributed by atoms with Crippen LogP contribution in [0.5, 0.6) is 11.5 Å². The van der Waals surface area contributed by atoms with Crippen LogP contribution in [-0.2, 0) is 4.79 Å². The number of amides is 1. The first-order valence-electron chi connectivity index (χ1n) is 5.77. The van der Waals surface area contributed by atoms with E-state index in [4.69, 9.17) is 0 Å². The van der Waals surface area contributed by atoms with Gasteiger partial charge in [-0.25, -0.2) is 0 Å². The number of carbonyl (C=O) groups is 1. The molecular formula is C13H14F3NO3. The number of benzene rings is 1. The summed E-state index contributed by atoms with van der Waals surface area (Å²) in [5, 5.41) is 12.1. The van der Waals surface area contributed by atoms with Crippen molar-refractivity contribution in [3.05, 3.63) is 29.8 Å². The van der Waals surface area contributed by atoms with Crippen LogP contribution in [-0.4, -0.2) is 23.9 Å². The average Bonchev–Trinajstić information content (AvgIpc) is 2.28. The molecule has 0 aromatic heterocycles. The number of nitrogens with one attached hydrogen (secondary N) is 1. The summed E-state index contributed by atoms with van der Waals surface area (Å²) in [5.41, 5.74) is 0.363. The Hall–Kier alpha value is -2.18. The van der Waals surface area contributed by atoms with Crippen LogP contribution in [0.4, 0.5) is 13.2 Å². The highest BCUT2D eigenvalue weighted by Crippen LogP contribution is 2.28. The predicted octanol–water partition coefficient (Wildman–Crippen LogP) is 2.83. The summed E-state index contributed by atoms with van der Waals surface area (Å²) in [6.45, 7) is 1.84. The number of alkyl halides is 3. The molecule has 1 aromatic rings. The van der Waals surface area contributed by atoms with Gasteiger partial charge in [0.25, 0.3) is 0 Å². The summed E-state index contributed by atoms with van der Waals surface area (Å²) < 4.78 is 39.6. The van der Waals surface area contributed by atoms with Crippen molar-refractivity contribution in [3.8, 4) is 11.5 Å². The standard InChI is InChI=1S/C13H14F3NO3/c1-9(18)17-7-3-2-4-10-5-6-11(8-12(10)19)20-13(14,15)16/h2,4-6,8,19H,3,7H2,1H3,(H,17,18). The molecule has 110 valence electrons. The zero-order valence-corrected chi connectivity index (χ0v) is 10.7. The van der Waals surface area contributed by atoms with E-state index in [-0.39, 0.29) is 11.7 Å². The van der Waals surface area contributed by atoms with Gasteiger partial charge in [-0.2, -0.15) is 0 Å². The predicted molar refractivity (Wildman–Crippen MR) is 67.1 cm³/mol. The van der Waals surface area contributed by atoms with Crippen LogP contribution in [0.2, 0.25) is 0 Å².